The van der Waals surface area contributed by atoms with E-state index >= 15 is 0 Å². The molecule has 0 atom stereocenters. The molecule has 1 amide bonds. The minimum absolute atomic E-state index is 0.0692. The summed E-state index contributed by atoms with van der Waals surface area (Å²) in [6.45, 7) is 7.53. The number of nitrogens with zero attached hydrogens (tertiary/aromatic N) is 4. The van der Waals surface area contributed by atoms with Gasteiger partial charge in [-0.15, -0.1) is 10.2 Å². The van der Waals surface area contributed by atoms with Crippen molar-refractivity contribution >= 4 is 11.9 Å². The van der Waals surface area contributed by atoms with Crippen molar-refractivity contribution in [2.24, 2.45) is 4.99 Å². The summed E-state index contributed by atoms with van der Waals surface area (Å²) < 4.78 is 2.16. The number of hydrogen-bond acceptors (Lipinski definition) is 4. The third kappa shape index (κ3) is 5.22. The summed E-state index contributed by atoms with van der Waals surface area (Å²) in [5.74, 6) is 2.46. The standard InChI is InChI=1S/C15H27N7O/c1-15(2,3)19-13(23)10-18-14(16-4)17-9-12-21-20-11-7-5-6-8-22(11)12/h5-10H2,1-4H3,(H,19,23)(H2,16,17,18). The number of aliphatic imine (C=N–C) groups is 1. The quantitative estimate of drug-likeness (QED) is 0.543. The highest BCUT2D eigenvalue weighted by molar-refractivity contribution is 5.86. The molecular formula is C15H27N7O. The van der Waals surface area contributed by atoms with Crippen molar-refractivity contribution < 1.29 is 4.79 Å². The molecule has 8 nitrogen and oxygen atoms in total. The van der Waals surface area contributed by atoms with Crippen molar-refractivity contribution in [3.05, 3.63) is 11.6 Å². The Morgan fingerprint density at radius 1 is 1.26 bits per heavy atom. The molecule has 23 heavy (non-hydrogen) atoms. The van der Waals surface area contributed by atoms with Crippen molar-refractivity contribution in [3.8, 4) is 0 Å². The molecule has 1 aromatic heterocycles. The van der Waals surface area contributed by atoms with Crippen molar-refractivity contribution in [2.45, 2.75) is 58.7 Å². The SMILES string of the molecule is CN=C(NCC(=O)NC(C)(C)C)NCc1nnc2n1CCCC2. The first-order valence-electron chi connectivity index (χ1n) is 8.05. The van der Waals surface area contributed by atoms with Gasteiger partial charge in [0, 0.05) is 25.6 Å². The average Bonchev–Trinajstić information content (AvgIpc) is 2.89. The van der Waals surface area contributed by atoms with Crippen LogP contribution in [-0.4, -0.2) is 45.8 Å². The Kier molecular flexibility index (Phi) is 5.57. The zero-order chi connectivity index (χ0) is 16.9. The van der Waals surface area contributed by atoms with Crippen LogP contribution in [-0.2, 0) is 24.3 Å². The molecule has 0 spiro atoms. The third-order valence-electron chi connectivity index (χ3n) is 3.50. The van der Waals surface area contributed by atoms with E-state index in [1.165, 1.54) is 6.42 Å². The molecule has 8 heteroatoms. The second-order valence-electron chi connectivity index (χ2n) is 6.72. The first-order chi connectivity index (χ1) is 10.9. The van der Waals surface area contributed by atoms with Gasteiger partial charge in [0.1, 0.15) is 5.82 Å². The van der Waals surface area contributed by atoms with Crippen LogP contribution < -0.4 is 16.0 Å². The number of guanidine groups is 1. The molecule has 0 saturated heterocycles. The van der Waals surface area contributed by atoms with E-state index in [4.69, 9.17) is 0 Å². The number of carbonyl (C=O) groups is 1. The van der Waals surface area contributed by atoms with Crippen molar-refractivity contribution in [2.75, 3.05) is 13.6 Å². The van der Waals surface area contributed by atoms with Crippen LogP contribution >= 0.6 is 0 Å². The first kappa shape index (κ1) is 17.2. The lowest BCUT2D eigenvalue weighted by Crippen LogP contribution is -2.48. The second kappa shape index (κ2) is 7.43. The fraction of sp³-hybridized carbons (Fsp3) is 0.733. The fourth-order valence-electron chi connectivity index (χ4n) is 2.51. The summed E-state index contributed by atoms with van der Waals surface area (Å²) in [6, 6.07) is 0. The van der Waals surface area contributed by atoms with E-state index in [-0.39, 0.29) is 18.0 Å². The topological polar surface area (TPSA) is 96.2 Å². The summed E-state index contributed by atoms with van der Waals surface area (Å²) in [4.78, 5) is 15.9. The number of amides is 1. The van der Waals surface area contributed by atoms with Gasteiger partial charge in [-0.2, -0.15) is 0 Å². The van der Waals surface area contributed by atoms with E-state index in [0.717, 1.165) is 31.0 Å². The first-order valence-corrected chi connectivity index (χ1v) is 8.05. The lowest BCUT2D eigenvalue weighted by molar-refractivity contribution is -0.121. The number of carbonyl (C=O) groups excluding carboxylic acids is 1. The van der Waals surface area contributed by atoms with E-state index in [2.05, 4.69) is 35.7 Å². The van der Waals surface area contributed by atoms with Gasteiger partial charge in [0.15, 0.2) is 11.8 Å². The molecule has 0 aromatic carbocycles. The van der Waals surface area contributed by atoms with Gasteiger partial charge in [-0.3, -0.25) is 9.79 Å². The molecule has 0 bridgehead atoms. The van der Waals surface area contributed by atoms with Crippen LogP contribution in [0.1, 0.15) is 45.3 Å². The molecule has 0 aliphatic carbocycles. The molecule has 1 aliphatic rings. The largest absolute Gasteiger partial charge is 0.350 e. The van der Waals surface area contributed by atoms with E-state index in [0.29, 0.717) is 12.5 Å². The number of aryl methyl sites for hydroxylation is 1. The normalized spacial score (nSPS) is 15.0. The fourth-order valence-corrected chi connectivity index (χ4v) is 2.51. The molecule has 2 heterocycles. The van der Waals surface area contributed by atoms with Gasteiger partial charge in [0.2, 0.25) is 5.91 Å². The predicted molar refractivity (Wildman–Crippen MR) is 89.1 cm³/mol. The molecule has 0 fully saturated rings. The second-order valence-corrected chi connectivity index (χ2v) is 6.72. The molecule has 0 radical (unpaired) electrons. The van der Waals surface area contributed by atoms with Gasteiger partial charge in [0.25, 0.3) is 0 Å². The summed E-state index contributed by atoms with van der Waals surface area (Å²) in [7, 11) is 1.68. The van der Waals surface area contributed by atoms with Crippen molar-refractivity contribution in [3.63, 3.8) is 0 Å². The average molecular weight is 321 g/mol. The van der Waals surface area contributed by atoms with E-state index < -0.39 is 0 Å². The number of rotatable bonds is 4. The molecular weight excluding hydrogens is 294 g/mol. The Hall–Kier alpha value is -2.12. The van der Waals surface area contributed by atoms with Gasteiger partial charge >= 0.3 is 0 Å². The molecule has 0 unspecified atom stereocenters. The summed E-state index contributed by atoms with van der Waals surface area (Å²) in [5, 5.41) is 17.5. The van der Waals surface area contributed by atoms with Crippen LogP contribution in [0, 0.1) is 0 Å². The van der Waals surface area contributed by atoms with Crippen molar-refractivity contribution in [1.82, 2.24) is 30.7 Å². The smallest absolute Gasteiger partial charge is 0.239 e. The molecule has 1 aliphatic heterocycles. The minimum atomic E-state index is -0.240. The highest BCUT2D eigenvalue weighted by atomic mass is 16.2. The highest BCUT2D eigenvalue weighted by Crippen LogP contribution is 2.13. The van der Waals surface area contributed by atoms with Crippen LogP contribution in [0.3, 0.4) is 0 Å². The van der Waals surface area contributed by atoms with Gasteiger partial charge in [0.05, 0.1) is 13.1 Å². The van der Waals surface area contributed by atoms with Crippen molar-refractivity contribution in [1.29, 1.82) is 0 Å². The van der Waals surface area contributed by atoms with E-state index in [1.807, 2.05) is 20.8 Å². The Labute approximate surface area is 137 Å². The summed E-state index contributed by atoms with van der Waals surface area (Å²) in [6.07, 6.45) is 3.34. The molecule has 0 saturated carbocycles. The highest BCUT2D eigenvalue weighted by Gasteiger charge is 2.16. The van der Waals surface area contributed by atoms with Gasteiger partial charge < -0.3 is 20.5 Å². The van der Waals surface area contributed by atoms with Gasteiger partial charge in [-0.05, 0) is 33.6 Å². The van der Waals surface area contributed by atoms with Crippen LogP contribution in [0.25, 0.3) is 0 Å². The lowest BCUT2D eigenvalue weighted by Gasteiger charge is -2.21. The maximum atomic E-state index is 11.8. The lowest BCUT2D eigenvalue weighted by atomic mass is 10.1. The molecule has 3 N–H and O–H groups in total. The number of hydrogen-bond donors (Lipinski definition) is 3. The van der Waals surface area contributed by atoms with Crippen LogP contribution in [0.4, 0.5) is 0 Å². The zero-order valence-corrected chi connectivity index (χ0v) is 14.4. The summed E-state index contributed by atoms with van der Waals surface area (Å²) in [5.41, 5.74) is -0.240. The minimum Gasteiger partial charge on any atom is -0.350 e. The van der Waals surface area contributed by atoms with E-state index in [1.54, 1.807) is 7.05 Å². The van der Waals surface area contributed by atoms with Gasteiger partial charge in [-0.1, -0.05) is 0 Å². The van der Waals surface area contributed by atoms with Crippen LogP contribution in [0.15, 0.2) is 4.99 Å². The molecule has 128 valence electrons. The third-order valence-corrected chi connectivity index (χ3v) is 3.50. The Bertz CT molecular complexity index is 571. The van der Waals surface area contributed by atoms with Gasteiger partial charge in [-0.25, -0.2) is 0 Å². The predicted octanol–water partition coefficient (Wildman–Crippen LogP) is 0.194. The zero-order valence-electron chi connectivity index (χ0n) is 14.4. The van der Waals surface area contributed by atoms with Crippen LogP contribution in [0.5, 0.6) is 0 Å². The Morgan fingerprint density at radius 2 is 2.04 bits per heavy atom. The number of aromatic nitrogens is 3. The molecule has 2 rings (SSSR count). The number of nitrogens with one attached hydrogen (secondary N) is 3. The summed E-state index contributed by atoms with van der Waals surface area (Å²) >= 11 is 0. The molecule has 1 aromatic rings. The Morgan fingerprint density at radius 3 is 2.74 bits per heavy atom. The maximum Gasteiger partial charge on any atom is 0.239 e. The van der Waals surface area contributed by atoms with E-state index in [9.17, 15) is 4.79 Å². The Balaban J connectivity index is 1.82. The van der Waals surface area contributed by atoms with Crippen LogP contribution in [0.2, 0.25) is 0 Å². The number of fused-ring (bicyclic) bond motifs is 1. The monoisotopic (exact) mass is 321 g/mol. The maximum absolute atomic E-state index is 11.8.